The van der Waals surface area contributed by atoms with Crippen molar-refractivity contribution in [2.24, 2.45) is 0 Å². The molecule has 4 nitrogen and oxygen atoms in total. The van der Waals surface area contributed by atoms with E-state index in [4.69, 9.17) is 16.7 Å². The quantitative estimate of drug-likeness (QED) is 0.717. The highest BCUT2D eigenvalue weighted by Gasteiger charge is 2.15. The predicted octanol–water partition coefficient (Wildman–Crippen LogP) is 4.88. The first-order valence-electron chi connectivity index (χ1n) is 5.17. The van der Waals surface area contributed by atoms with Crippen molar-refractivity contribution in [2.45, 2.75) is 0 Å². The van der Waals surface area contributed by atoms with E-state index in [1.165, 1.54) is 29.5 Å². The average Bonchev–Trinajstić information content (AvgIpc) is 2.70. The Morgan fingerprint density at radius 2 is 1.95 bits per heavy atom. The molecule has 1 amide bonds. The second-order valence-corrected chi connectivity index (χ2v) is 7.85. The molecule has 0 radical (unpaired) electrons. The van der Waals surface area contributed by atoms with Gasteiger partial charge in [-0.3, -0.25) is 4.79 Å². The standard InChI is InChI=1S/C12H6Br2ClNO3S/c13-9-4-6(10(14)20-9)11(17)16-8-2-1-5(12(18)19)3-7(8)15/h1-4H,(H,16,17)(H,18,19). The summed E-state index contributed by atoms with van der Waals surface area (Å²) in [5, 5.41) is 11.7. The molecule has 1 aromatic carbocycles. The van der Waals surface area contributed by atoms with Crippen LogP contribution in [0.5, 0.6) is 0 Å². The van der Waals surface area contributed by atoms with Crippen LogP contribution >= 0.6 is 54.8 Å². The van der Waals surface area contributed by atoms with Crippen LogP contribution in [0.2, 0.25) is 5.02 Å². The molecule has 2 rings (SSSR count). The molecular weight excluding hydrogens is 433 g/mol. The Labute approximate surface area is 140 Å². The summed E-state index contributed by atoms with van der Waals surface area (Å²) >= 11 is 13.9. The number of rotatable bonds is 3. The maximum Gasteiger partial charge on any atom is 0.335 e. The van der Waals surface area contributed by atoms with Crippen LogP contribution in [0.25, 0.3) is 0 Å². The van der Waals surface area contributed by atoms with Gasteiger partial charge in [0, 0.05) is 0 Å². The van der Waals surface area contributed by atoms with Gasteiger partial charge in [0.05, 0.1) is 29.4 Å². The maximum atomic E-state index is 12.1. The topological polar surface area (TPSA) is 66.4 Å². The van der Waals surface area contributed by atoms with Crippen LogP contribution in [0.4, 0.5) is 5.69 Å². The zero-order valence-electron chi connectivity index (χ0n) is 9.62. The first-order chi connectivity index (χ1) is 9.38. The van der Waals surface area contributed by atoms with Gasteiger partial charge >= 0.3 is 5.97 Å². The largest absolute Gasteiger partial charge is 0.478 e. The predicted molar refractivity (Wildman–Crippen MR) is 86.1 cm³/mol. The third-order valence-electron chi connectivity index (χ3n) is 2.37. The Hall–Kier alpha value is -0.890. The van der Waals surface area contributed by atoms with Gasteiger partial charge in [-0.1, -0.05) is 11.6 Å². The molecule has 0 saturated heterocycles. The summed E-state index contributed by atoms with van der Waals surface area (Å²) in [6.45, 7) is 0. The Morgan fingerprint density at radius 1 is 1.25 bits per heavy atom. The SMILES string of the molecule is O=C(O)c1ccc(NC(=O)c2cc(Br)sc2Br)c(Cl)c1. The number of amides is 1. The van der Waals surface area contributed by atoms with Crippen molar-refractivity contribution < 1.29 is 14.7 Å². The van der Waals surface area contributed by atoms with E-state index in [1.807, 2.05) is 0 Å². The molecule has 0 unspecified atom stereocenters. The summed E-state index contributed by atoms with van der Waals surface area (Å²) < 4.78 is 1.52. The summed E-state index contributed by atoms with van der Waals surface area (Å²) in [5.74, 6) is -1.40. The normalized spacial score (nSPS) is 10.3. The number of carboxylic acids is 1. The highest BCUT2D eigenvalue weighted by Crippen LogP contribution is 2.33. The van der Waals surface area contributed by atoms with E-state index in [0.717, 1.165) is 3.79 Å². The van der Waals surface area contributed by atoms with E-state index in [2.05, 4.69) is 37.2 Å². The van der Waals surface area contributed by atoms with Gasteiger partial charge < -0.3 is 10.4 Å². The number of carboxylic acid groups (broad SMARTS) is 1. The molecule has 0 fully saturated rings. The minimum atomic E-state index is -1.07. The van der Waals surface area contributed by atoms with Crippen molar-refractivity contribution >= 4 is 72.4 Å². The maximum absolute atomic E-state index is 12.1. The van der Waals surface area contributed by atoms with Crippen molar-refractivity contribution in [3.05, 3.63) is 48.0 Å². The number of carbonyl (C=O) groups excluding carboxylic acids is 1. The summed E-state index contributed by atoms with van der Waals surface area (Å²) in [5.41, 5.74) is 0.892. The number of nitrogens with one attached hydrogen (secondary N) is 1. The number of halogens is 3. The molecule has 0 saturated carbocycles. The molecule has 2 N–H and O–H groups in total. The van der Waals surface area contributed by atoms with Gasteiger partial charge in [-0.05, 0) is 56.1 Å². The lowest BCUT2D eigenvalue weighted by molar-refractivity contribution is 0.0696. The summed E-state index contributed by atoms with van der Waals surface area (Å²) in [6, 6.07) is 5.81. The van der Waals surface area contributed by atoms with E-state index in [-0.39, 0.29) is 16.5 Å². The van der Waals surface area contributed by atoms with E-state index in [0.29, 0.717) is 15.0 Å². The van der Waals surface area contributed by atoms with E-state index < -0.39 is 5.97 Å². The molecule has 104 valence electrons. The van der Waals surface area contributed by atoms with Gasteiger partial charge in [-0.25, -0.2) is 4.79 Å². The van der Waals surface area contributed by atoms with E-state index in [9.17, 15) is 9.59 Å². The number of anilines is 1. The lowest BCUT2D eigenvalue weighted by Crippen LogP contribution is -2.12. The van der Waals surface area contributed by atoms with Gasteiger partial charge in [0.25, 0.3) is 5.91 Å². The highest BCUT2D eigenvalue weighted by atomic mass is 79.9. The van der Waals surface area contributed by atoms with Crippen molar-refractivity contribution in [2.75, 3.05) is 5.32 Å². The van der Waals surface area contributed by atoms with Crippen LogP contribution in [0.1, 0.15) is 20.7 Å². The molecule has 0 bridgehead atoms. The molecule has 1 heterocycles. The minimum absolute atomic E-state index is 0.0625. The molecule has 0 aliphatic heterocycles. The molecule has 0 aliphatic rings. The van der Waals surface area contributed by atoms with Crippen LogP contribution in [0, 0.1) is 0 Å². The number of carbonyl (C=O) groups is 2. The fourth-order valence-electron chi connectivity index (χ4n) is 1.43. The summed E-state index contributed by atoms with van der Waals surface area (Å²) in [7, 11) is 0. The second-order valence-electron chi connectivity index (χ2n) is 3.69. The van der Waals surface area contributed by atoms with Crippen LogP contribution in [0.3, 0.4) is 0 Å². The van der Waals surface area contributed by atoms with E-state index >= 15 is 0 Å². The van der Waals surface area contributed by atoms with Crippen molar-refractivity contribution in [1.29, 1.82) is 0 Å². The first kappa shape index (κ1) is 15.5. The minimum Gasteiger partial charge on any atom is -0.478 e. The van der Waals surface area contributed by atoms with Crippen LogP contribution in [-0.2, 0) is 0 Å². The first-order valence-corrected chi connectivity index (χ1v) is 7.95. The fraction of sp³-hybridized carbons (Fsp3) is 0. The molecule has 0 spiro atoms. The number of hydrogen-bond donors (Lipinski definition) is 2. The Balaban J connectivity index is 2.24. The lowest BCUT2D eigenvalue weighted by atomic mass is 10.2. The third-order valence-corrected chi connectivity index (χ3v) is 5.02. The van der Waals surface area contributed by atoms with Crippen LogP contribution in [0.15, 0.2) is 31.8 Å². The smallest absolute Gasteiger partial charge is 0.335 e. The number of thiophene rings is 1. The van der Waals surface area contributed by atoms with Gasteiger partial charge in [0.15, 0.2) is 0 Å². The summed E-state index contributed by atoms with van der Waals surface area (Å²) in [6.07, 6.45) is 0. The number of aromatic carboxylic acids is 1. The highest BCUT2D eigenvalue weighted by molar-refractivity contribution is 9.12. The monoisotopic (exact) mass is 437 g/mol. The van der Waals surface area contributed by atoms with E-state index in [1.54, 1.807) is 6.07 Å². The second kappa shape index (κ2) is 6.26. The molecule has 2 aromatic rings. The molecule has 0 aliphatic carbocycles. The van der Waals surface area contributed by atoms with Gasteiger partial charge in [0.2, 0.25) is 0 Å². The Kier molecular flexibility index (Phi) is 4.85. The Morgan fingerprint density at radius 3 is 2.45 bits per heavy atom. The third kappa shape index (κ3) is 3.41. The van der Waals surface area contributed by atoms with Crippen molar-refractivity contribution in [1.82, 2.24) is 0 Å². The van der Waals surface area contributed by atoms with Crippen LogP contribution in [-0.4, -0.2) is 17.0 Å². The number of benzene rings is 1. The number of hydrogen-bond acceptors (Lipinski definition) is 3. The zero-order chi connectivity index (χ0) is 14.9. The molecule has 20 heavy (non-hydrogen) atoms. The zero-order valence-corrected chi connectivity index (χ0v) is 14.4. The lowest BCUT2D eigenvalue weighted by Gasteiger charge is -2.07. The van der Waals surface area contributed by atoms with Gasteiger partial charge in [0.1, 0.15) is 0 Å². The molecule has 8 heteroatoms. The van der Waals surface area contributed by atoms with Crippen molar-refractivity contribution in [3.63, 3.8) is 0 Å². The van der Waals surface area contributed by atoms with Crippen LogP contribution < -0.4 is 5.32 Å². The van der Waals surface area contributed by atoms with Gasteiger partial charge in [-0.15, -0.1) is 11.3 Å². The summed E-state index contributed by atoms with van der Waals surface area (Å²) in [4.78, 5) is 22.9. The molecule has 1 aromatic heterocycles. The molecule has 0 atom stereocenters. The van der Waals surface area contributed by atoms with Gasteiger partial charge in [-0.2, -0.15) is 0 Å². The molecular formula is C12H6Br2ClNO3S. The fourth-order valence-corrected chi connectivity index (χ4v) is 4.46. The van der Waals surface area contributed by atoms with Crippen molar-refractivity contribution in [3.8, 4) is 0 Å². The average molecular weight is 440 g/mol. The Bertz CT molecular complexity index is 702.